The zero-order valence-electron chi connectivity index (χ0n) is 16.6. The topological polar surface area (TPSA) is 47.6 Å². The van der Waals surface area contributed by atoms with Crippen molar-refractivity contribution in [3.8, 4) is 5.75 Å². The molecule has 0 saturated heterocycles. The third kappa shape index (κ3) is 4.55. The molecule has 0 aliphatic heterocycles. The lowest BCUT2D eigenvalue weighted by molar-refractivity contribution is -0.139. The maximum atomic E-state index is 12.9. The average molecular weight is 357 g/mol. The molecular formula is C22H31NO3. The maximum Gasteiger partial charge on any atom is 0.256 e. The van der Waals surface area contributed by atoms with Crippen molar-refractivity contribution in [2.75, 3.05) is 11.9 Å². The largest absolute Gasteiger partial charge is 0.490 e. The van der Waals surface area contributed by atoms with Crippen molar-refractivity contribution in [1.82, 2.24) is 0 Å². The Labute approximate surface area is 156 Å². The van der Waals surface area contributed by atoms with Gasteiger partial charge in [-0.2, -0.15) is 0 Å². The molecule has 2 rings (SSSR count). The molecule has 0 aliphatic carbocycles. The maximum absolute atomic E-state index is 12.9. The number of amides is 1. The lowest BCUT2D eigenvalue weighted by Gasteiger charge is -2.28. The highest BCUT2D eigenvalue weighted by Crippen LogP contribution is 2.33. The van der Waals surface area contributed by atoms with Gasteiger partial charge in [-0.1, -0.05) is 44.5 Å². The lowest BCUT2D eigenvalue weighted by atomic mass is 9.98. The fraction of sp³-hybridized carbons (Fsp3) is 0.500. The van der Waals surface area contributed by atoms with Crippen LogP contribution in [0.4, 0.5) is 5.69 Å². The summed E-state index contributed by atoms with van der Waals surface area (Å²) in [4.78, 5) is 12.9. The van der Waals surface area contributed by atoms with E-state index in [0.717, 1.165) is 35.1 Å². The zero-order valence-corrected chi connectivity index (χ0v) is 16.6. The number of nitrogens with one attached hydrogen (secondary N) is 1. The summed E-state index contributed by atoms with van der Waals surface area (Å²) < 4.78 is 11.8. The molecule has 0 radical (unpaired) electrons. The normalized spacial score (nSPS) is 14.7. The predicted octanol–water partition coefficient (Wildman–Crippen LogP) is 5.55. The van der Waals surface area contributed by atoms with Gasteiger partial charge < -0.3 is 14.8 Å². The van der Waals surface area contributed by atoms with E-state index in [0.29, 0.717) is 13.0 Å². The van der Waals surface area contributed by atoms with Crippen LogP contribution >= 0.6 is 0 Å². The monoisotopic (exact) mass is 357 g/mol. The van der Waals surface area contributed by atoms with E-state index in [9.17, 15) is 4.79 Å². The summed E-state index contributed by atoms with van der Waals surface area (Å²) in [5.41, 5.74) is -0.0413. The summed E-state index contributed by atoms with van der Waals surface area (Å²) in [6.07, 6.45) is 2.65. The second-order valence-electron chi connectivity index (χ2n) is 6.86. The Morgan fingerprint density at radius 1 is 1.12 bits per heavy atom. The van der Waals surface area contributed by atoms with Crippen LogP contribution in [0.1, 0.15) is 53.9 Å². The summed E-state index contributed by atoms with van der Waals surface area (Å²) in [5.74, 6) is 0.732. The highest BCUT2D eigenvalue weighted by atomic mass is 16.5. The highest BCUT2D eigenvalue weighted by Gasteiger charge is 2.33. The Morgan fingerprint density at radius 2 is 1.81 bits per heavy atom. The number of fused-ring (bicyclic) bond motifs is 1. The molecule has 0 heterocycles. The molecule has 2 aromatic rings. The Balaban J connectivity index is 2.36. The van der Waals surface area contributed by atoms with Crippen LogP contribution in [-0.2, 0) is 9.53 Å². The predicted molar refractivity (Wildman–Crippen MR) is 108 cm³/mol. The van der Waals surface area contributed by atoms with E-state index in [-0.39, 0.29) is 12.0 Å². The van der Waals surface area contributed by atoms with Gasteiger partial charge in [-0.25, -0.2) is 0 Å². The van der Waals surface area contributed by atoms with Gasteiger partial charge in [0, 0.05) is 23.1 Å². The molecule has 142 valence electrons. The van der Waals surface area contributed by atoms with Crippen molar-refractivity contribution in [2.45, 2.75) is 65.6 Å². The first-order valence-electron chi connectivity index (χ1n) is 9.59. The lowest BCUT2D eigenvalue weighted by Crippen LogP contribution is -2.42. The Kier molecular flexibility index (Phi) is 7.04. The van der Waals surface area contributed by atoms with Crippen LogP contribution in [0.15, 0.2) is 36.4 Å². The van der Waals surface area contributed by atoms with Gasteiger partial charge in [-0.3, -0.25) is 4.79 Å². The number of hydrogen-bond donors (Lipinski definition) is 1. The van der Waals surface area contributed by atoms with E-state index in [1.807, 2.05) is 50.2 Å². The van der Waals surface area contributed by atoms with Crippen LogP contribution in [0, 0.1) is 0 Å². The highest BCUT2D eigenvalue weighted by molar-refractivity contribution is 6.06. The van der Waals surface area contributed by atoms with Crippen molar-refractivity contribution in [3.63, 3.8) is 0 Å². The Hall–Kier alpha value is -2.07. The van der Waals surface area contributed by atoms with E-state index in [1.165, 1.54) is 0 Å². The second kappa shape index (κ2) is 9.04. The quantitative estimate of drug-likeness (QED) is 0.640. The summed E-state index contributed by atoms with van der Waals surface area (Å²) in [6, 6.07) is 11.8. The molecule has 4 heteroatoms. The average Bonchev–Trinajstić information content (AvgIpc) is 2.63. The number of carbonyl (C=O) groups is 1. The number of hydrogen-bond acceptors (Lipinski definition) is 3. The molecule has 2 aromatic carbocycles. The van der Waals surface area contributed by atoms with Gasteiger partial charge >= 0.3 is 0 Å². The van der Waals surface area contributed by atoms with E-state index >= 15 is 0 Å². The third-order valence-electron chi connectivity index (χ3n) is 4.71. The molecule has 1 amide bonds. The number of ether oxygens (including phenoxy) is 2. The molecule has 1 N–H and O–H groups in total. The molecule has 0 bridgehead atoms. The van der Waals surface area contributed by atoms with Crippen LogP contribution in [0.25, 0.3) is 10.8 Å². The summed E-state index contributed by atoms with van der Waals surface area (Å²) in [7, 11) is 0. The van der Waals surface area contributed by atoms with E-state index in [4.69, 9.17) is 9.47 Å². The number of anilines is 1. The van der Waals surface area contributed by atoms with Gasteiger partial charge in [0.1, 0.15) is 11.4 Å². The number of carbonyl (C=O) groups excluding carboxylic acids is 1. The first kappa shape index (κ1) is 20.2. The van der Waals surface area contributed by atoms with Crippen molar-refractivity contribution in [2.24, 2.45) is 0 Å². The fourth-order valence-corrected chi connectivity index (χ4v) is 3.08. The van der Waals surface area contributed by atoms with Crippen LogP contribution in [0.3, 0.4) is 0 Å². The minimum absolute atomic E-state index is 0.109. The molecule has 0 fully saturated rings. The van der Waals surface area contributed by atoms with Gasteiger partial charge in [-0.15, -0.1) is 0 Å². The molecule has 0 unspecified atom stereocenters. The van der Waals surface area contributed by atoms with E-state index in [2.05, 4.69) is 26.1 Å². The van der Waals surface area contributed by atoms with Crippen LogP contribution in [0.2, 0.25) is 0 Å². The van der Waals surface area contributed by atoms with Gasteiger partial charge in [0.25, 0.3) is 5.91 Å². The molecule has 26 heavy (non-hydrogen) atoms. The van der Waals surface area contributed by atoms with Gasteiger partial charge in [0.2, 0.25) is 0 Å². The molecule has 0 spiro atoms. The second-order valence-corrected chi connectivity index (χ2v) is 6.86. The smallest absolute Gasteiger partial charge is 0.256 e. The number of benzene rings is 2. The molecule has 0 saturated carbocycles. The molecule has 2 atom stereocenters. The van der Waals surface area contributed by atoms with Gasteiger partial charge in [0.05, 0.1) is 6.10 Å². The van der Waals surface area contributed by atoms with Crippen molar-refractivity contribution in [3.05, 3.63) is 36.4 Å². The zero-order chi connectivity index (χ0) is 19.2. The minimum Gasteiger partial charge on any atom is -0.490 e. The van der Waals surface area contributed by atoms with Crippen molar-refractivity contribution in [1.29, 1.82) is 0 Å². The first-order valence-corrected chi connectivity index (χ1v) is 9.59. The third-order valence-corrected chi connectivity index (χ3v) is 4.71. The van der Waals surface area contributed by atoms with Gasteiger partial charge in [0.15, 0.2) is 0 Å². The number of rotatable bonds is 9. The summed E-state index contributed by atoms with van der Waals surface area (Å²) in [6.45, 7) is 10.5. The van der Waals surface area contributed by atoms with Crippen molar-refractivity contribution < 1.29 is 14.3 Å². The van der Waals surface area contributed by atoms with Gasteiger partial charge in [-0.05, 0) is 45.7 Å². The Morgan fingerprint density at radius 3 is 2.42 bits per heavy atom. The SMILES string of the molecule is CCC[C@@](C)(OCC)C(=O)Nc1ccc(O[C@@H](C)CC)c2ccccc12. The standard InChI is InChI=1S/C22H31NO3/c1-6-15-22(5,25-8-3)21(24)23-19-13-14-20(26-16(4)7-2)18-12-10-9-11-17(18)19/h9-14,16H,6-8,15H2,1-5H3,(H,23,24)/t16-,22+/m0/s1. The Bertz CT molecular complexity index is 735. The molecular weight excluding hydrogens is 326 g/mol. The summed E-state index contributed by atoms with van der Waals surface area (Å²) in [5, 5.41) is 5.04. The molecule has 0 aliphatic rings. The molecule has 4 nitrogen and oxygen atoms in total. The van der Waals surface area contributed by atoms with Crippen molar-refractivity contribution >= 4 is 22.4 Å². The molecule has 0 aromatic heterocycles. The van der Waals surface area contributed by atoms with E-state index in [1.54, 1.807) is 0 Å². The van der Waals surface area contributed by atoms with E-state index < -0.39 is 5.60 Å². The van der Waals surface area contributed by atoms with Crippen LogP contribution in [0.5, 0.6) is 5.75 Å². The first-order chi connectivity index (χ1) is 12.4. The van der Waals surface area contributed by atoms with Crippen LogP contribution in [-0.4, -0.2) is 24.2 Å². The minimum atomic E-state index is -0.823. The van der Waals surface area contributed by atoms with Crippen LogP contribution < -0.4 is 10.1 Å². The summed E-state index contributed by atoms with van der Waals surface area (Å²) >= 11 is 0. The fourth-order valence-electron chi connectivity index (χ4n) is 3.08.